The highest BCUT2D eigenvalue weighted by molar-refractivity contribution is 7.98. The van der Waals surface area contributed by atoms with E-state index in [9.17, 15) is 4.79 Å². The van der Waals surface area contributed by atoms with E-state index in [0.717, 1.165) is 22.0 Å². The molecule has 5 nitrogen and oxygen atoms in total. The highest BCUT2D eigenvalue weighted by Crippen LogP contribution is 2.20. The van der Waals surface area contributed by atoms with Crippen LogP contribution in [0.3, 0.4) is 0 Å². The summed E-state index contributed by atoms with van der Waals surface area (Å²) in [6, 6.07) is 7.59. The lowest BCUT2D eigenvalue weighted by Gasteiger charge is -2.02. The second-order valence-electron chi connectivity index (χ2n) is 3.90. The molecular formula is C12H13N3O2S. The fraction of sp³-hybridized carbons (Fsp3) is 0.250. The van der Waals surface area contributed by atoms with E-state index in [0.29, 0.717) is 0 Å². The van der Waals surface area contributed by atoms with Crippen molar-refractivity contribution in [1.82, 2.24) is 14.8 Å². The van der Waals surface area contributed by atoms with Crippen molar-refractivity contribution < 1.29 is 9.90 Å². The molecule has 1 aromatic carbocycles. The van der Waals surface area contributed by atoms with Gasteiger partial charge in [-0.15, -0.1) is 10.2 Å². The molecule has 94 valence electrons. The van der Waals surface area contributed by atoms with Crippen LogP contribution in [0, 0.1) is 0 Å². The molecule has 0 spiro atoms. The molecule has 0 bridgehead atoms. The Hall–Kier alpha value is -1.82. The van der Waals surface area contributed by atoms with Crippen LogP contribution in [-0.2, 0) is 24.0 Å². The number of rotatable bonds is 5. The molecular weight excluding hydrogens is 250 g/mol. The molecule has 0 fully saturated rings. The first-order valence-electron chi connectivity index (χ1n) is 5.41. The quantitative estimate of drug-likeness (QED) is 0.832. The third-order valence-electron chi connectivity index (χ3n) is 2.42. The second kappa shape index (κ2) is 5.68. The number of carboxylic acids is 1. The van der Waals surface area contributed by atoms with Crippen molar-refractivity contribution in [2.24, 2.45) is 7.05 Å². The van der Waals surface area contributed by atoms with Gasteiger partial charge in [-0.25, -0.2) is 0 Å². The Morgan fingerprint density at radius 2 is 2.00 bits per heavy atom. The normalized spacial score (nSPS) is 10.5. The molecule has 1 aromatic heterocycles. The van der Waals surface area contributed by atoms with E-state index in [-0.39, 0.29) is 6.42 Å². The van der Waals surface area contributed by atoms with E-state index in [2.05, 4.69) is 10.2 Å². The summed E-state index contributed by atoms with van der Waals surface area (Å²) in [5, 5.41) is 17.3. The molecule has 0 unspecified atom stereocenters. The molecule has 1 N–H and O–H groups in total. The first-order chi connectivity index (χ1) is 8.65. The number of nitrogens with zero attached hydrogens (tertiary/aromatic N) is 3. The molecule has 0 saturated carbocycles. The molecule has 2 rings (SSSR count). The van der Waals surface area contributed by atoms with Gasteiger partial charge >= 0.3 is 5.97 Å². The van der Waals surface area contributed by atoms with Crippen molar-refractivity contribution in [2.45, 2.75) is 17.3 Å². The van der Waals surface area contributed by atoms with E-state index in [1.165, 1.54) is 0 Å². The summed E-state index contributed by atoms with van der Waals surface area (Å²) in [4.78, 5) is 10.6. The number of carboxylic acid groups (broad SMARTS) is 1. The minimum atomic E-state index is -0.809. The lowest BCUT2D eigenvalue weighted by atomic mass is 10.1. The summed E-state index contributed by atoms with van der Waals surface area (Å²) in [6.45, 7) is 0. The third kappa shape index (κ3) is 3.33. The summed E-state index contributed by atoms with van der Waals surface area (Å²) < 4.78 is 1.86. The van der Waals surface area contributed by atoms with Gasteiger partial charge in [-0.05, 0) is 11.1 Å². The molecule has 18 heavy (non-hydrogen) atoms. The monoisotopic (exact) mass is 263 g/mol. The predicted molar refractivity (Wildman–Crippen MR) is 68.3 cm³/mol. The summed E-state index contributed by atoms with van der Waals surface area (Å²) in [5.74, 6) is -0.0175. The van der Waals surface area contributed by atoms with Crippen LogP contribution in [0.1, 0.15) is 11.1 Å². The van der Waals surface area contributed by atoms with Gasteiger partial charge in [-0.3, -0.25) is 4.79 Å². The Labute approximate surface area is 109 Å². The van der Waals surface area contributed by atoms with Gasteiger partial charge in [-0.1, -0.05) is 36.0 Å². The third-order valence-corrected chi connectivity index (χ3v) is 3.52. The number of aromatic nitrogens is 3. The number of hydrogen-bond acceptors (Lipinski definition) is 4. The highest BCUT2D eigenvalue weighted by Gasteiger charge is 2.03. The molecule has 6 heteroatoms. The fourth-order valence-electron chi connectivity index (χ4n) is 1.48. The number of aliphatic carboxylic acids is 1. The summed E-state index contributed by atoms with van der Waals surface area (Å²) in [7, 11) is 1.90. The van der Waals surface area contributed by atoms with Gasteiger partial charge in [0.25, 0.3) is 0 Å². The van der Waals surface area contributed by atoms with Crippen molar-refractivity contribution >= 4 is 17.7 Å². The van der Waals surface area contributed by atoms with Crippen LogP contribution >= 0.6 is 11.8 Å². The van der Waals surface area contributed by atoms with Gasteiger partial charge in [0.2, 0.25) is 0 Å². The Kier molecular flexibility index (Phi) is 3.99. The summed E-state index contributed by atoms with van der Waals surface area (Å²) >= 11 is 1.60. The van der Waals surface area contributed by atoms with Gasteiger partial charge in [0.1, 0.15) is 6.33 Å². The van der Waals surface area contributed by atoms with Gasteiger partial charge < -0.3 is 9.67 Å². The first-order valence-corrected chi connectivity index (χ1v) is 6.40. The highest BCUT2D eigenvalue weighted by atomic mass is 32.2. The van der Waals surface area contributed by atoms with E-state index in [4.69, 9.17) is 5.11 Å². The zero-order valence-electron chi connectivity index (χ0n) is 9.91. The lowest BCUT2D eigenvalue weighted by molar-refractivity contribution is -0.136. The van der Waals surface area contributed by atoms with E-state index in [1.807, 2.05) is 35.9 Å². The fourth-order valence-corrected chi connectivity index (χ4v) is 2.32. The minimum absolute atomic E-state index is 0.0662. The van der Waals surface area contributed by atoms with Crippen molar-refractivity contribution in [3.05, 3.63) is 41.7 Å². The first kappa shape index (κ1) is 12.6. The number of thioether (sulfide) groups is 1. The van der Waals surface area contributed by atoms with E-state index in [1.54, 1.807) is 18.1 Å². The summed E-state index contributed by atoms with van der Waals surface area (Å²) in [6.07, 6.45) is 1.73. The smallest absolute Gasteiger partial charge is 0.307 e. The molecule has 0 aliphatic heterocycles. The molecule has 0 radical (unpaired) electrons. The van der Waals surface area contributed by atoms with Crippen molar-refractivity contribution in [3.8, 4) is 0 Å². The van der Waals surface area contributed by atoms with Gasteiger partial charge in [0.15, 0.2) is 5.16 Å². The van der Waals surface area contributed by atoms with Crippen LogP contribution < -0.4 is 0 Å². The Morgan fingerprint density at radius 3 is 2.56 bits per heavy atom. The Bertz CT molecular complexity index is 537. The number of aryl methyl sites for hydroxylation is 1. The maximum absolute atomic E-state index is 10.6. The number of carbonyl (C=O) groups is 1. The van der Waals surface area contributed by atoms with Crippen LogP contribution in [0.15, 0.2) is 35.7 Å². The van der Waals surface area contributed by atoms with Gasteiger partial charge in [0, 0.05) is 12.8 Å². The lowest BCUT2D eigenvalue weighted by Crippen LogP contribution is -1.99. The Morgan fingerprint density at radius 1 is 1.33 bits per heavy atom. The largest absolute Gasteiger partial charge is 0.481 e. The standard InChI is InChI=1S/C12H13N3O2S/c1-15-8-13-14-12(15)18-7-10-4-2-9(3-5-10)6-11(16)17/h2-5,8H,6-7H2,1H3,(H,16,17). The zero-order chi connectivity index (χ0) is 13.0. The van der Waals surface area contributed by atoms with Crippen molar-refractivity contribution in [3.63, 3.8) is 0 Å². The summed E-state index contributed by atoms with van der Waals surface area (Å²) in [5.41, 5.74) is 1.95. The maximum atomic E-state index is 10.6. The average Bonchev–Trinajstić information content (AvgIpc) is 2.73. The zero-order valence-corrected chi connectivity index (χ0v) is 10.7. The van der Waals surface area contributed by atoms with Gasteiger partial charge in [-0.2, -0.15) is 0 Å². The van der Waals surface area contributed by atoms with Crippen LogP contribution in [0.25, 0.3) is 0 Å². The molecule has 0 saturated heterocycles. The number of benzene rings is 1. The van der Waals surface area contributed by atoms with Crippen LogP contribution in [0.2, 0.25) is 0 Å². The van der Waals surface area contributed by atoms with Crippen LogP contribution in [0.5, 0.6) is 0 Å². The molecule has 2 aromatic rings. The number of hydrogen-bond donors (Lipinski definition) is 1. The molecule has 0 atom stereocenters. The van der Waals surface area contributed by atoms with Crippen LogP contribution in [-0.4, -0.2) is 25.8 Å². The van der Waals surface area contributed by atoms with Gasteiger partial charge in [0.05, 0.1) is 6.42 Å². The molecule has 1 heterocycles. The van der Waals surface area contributed by atoms with Crippen molar-refractivity contribution in [2.75, 3.05) is 0 Å². The second-order valence-corrected chi connectivity index (χ2v) is 4.84. The molecule has 0 amide bonds. The average molecular weight is 263 g/mol. The molecule has 0 aliphatic rings. The van der Waals surface area contributed by atoms with E-state index < -0.39 is 5.97 Å². The van der Waals surface area contributed by atoms with E-state index >= 15 is 0 Å². The van der Waals surface area contributed by atoms with Crippen LogP contribution in [0.4, 0.5) is 0 Å². The molecule has 0 aliphatic carbocycles. The minimum Gasteiger partial charge on any atom is -0.481 e. The topological polar surface area (TPSA) is 68.0 Å². The SMILES string of the molecule is Cn1cnnc1SCc1ccc(CC(=O)O)cc1. The maximum Gasteiger partial charge on any atom is 0.307 e. The Balaban J connectivity index is 1.94. The van der Waals surface area contributed by atoms with Crippen molar-refractivity contribution in [1.29, 1.82) is 0 Å². The predicted octanol–water partition coefficient (Wildman–Crippen LogP) is 1.73.